The smallest absolute Gasteiger partial charge is 0.384 e. The Morgan fingerprint density at radius 3 is 2.57 bits per heavy atom. The van der Waals surface area contributed by atoms with Crippen molar-refractivity contribution >= 4 is 11.6 Å². The number of nitrogens with two attached hydrogens (primary N) is 1. The first-order valence-electron chi connectivity index (χ1n) is 6.93. The molecule has 1 aromatic heterocycles. The number of ether oxygens (including phenoxy) is 1. The molecule has 0 bridgehead atoms. The van der Waals surface area contributed by atoms with Gasteiger partial charge in [-0.15, -0.1) is 0 Å². The summed E-state index contributed by atoms with van der Waals surface area (Å²) in [7, 11) is 0. The third-order valence-electron chi connectivity index (χ3n) is 3.50. The molecule has 0 spiro atoms. The van der Waals surface area contributed by atoms with Crippen LogP contribution in [0.4, 0.5) is 24.8 Å². The van der Waals surface area contributed by atoms with E-state index < -0.39 is 12.1 Å². The molecule has 0 aliphatic carbocycles. The average Bonchev–Trinajstić information content (AvgIpc) is 2.44. The Labute approximate surface area is 121 Å². The summed E-state index contributed by atoms with van der Waals surface area (Å²) in [6.07, 6.45) is -3.96. The molecular weight excluding hydrogens is 285 g/mol. The predicted octanol–water partition coefficient (Wildman–Crippen LogP) is 2.37. The zero-order valence-electron chi connectivity index (χ0n) is 11.9. The van der Waals surface area contributed by atoms with Crippen LogP contribution in [0.2, 0.25) is 0 Å². The molecule has 118 valence electrons. The topological polar surface area (TPSA) is 64.3 Å². The molecule has 2 rings (SSSR count). The van der Waals surface area contributed by atoms with Crippen molar-refractivity contribution in [2.75, 3.05) is 30.3 Å². The predicted molar refractivity (Wildman–Crippen MR) is 72.8 cm³/mol. The van der Waals surface area contributed by atoms with Crippen LogP contribution in [0.25, 0.3) is 0 Å². The first-order valence-corrected chi connectivity index (χ1v) is 6.93. The maximum atomic E-state index is 12.7. The van der Waals surface area contributed by atoms with E-state index in [1.165, 1.54) is 0 Å². The first kappa shape index (κ1) is 15.8. The highest BCUT2D eigenvalue weighted by Gasteiger charge is 2.41. The van der Waals surface area contributed by atoms with Gasteiger partial charge in [-0.25, -0.2) is 9.97 Å². The SMILES string of the molecule is CCOCc1nc(N)cc(N2CCC(C(F)(F)F)CC2)n1. The van der Waals surface area contributed by atoms with Gasteiger partial charge in [-0.05, 0) is 19.8 Å². The van der Waals surface area contributed by atoms with Crippen LogP contribution in [0, 0.1) is 5.92 Å². The third kappa shape index (κ3) is 4.20. The van der Waals surface area contributed by atoms with E-state index in [0.29, 0.717) is 37.2 Å². The molecule has 2 N–H and O–H groups in total. The van der Waals surface area contributed by atoms with Crippen LogP contribution in [0.5, 0.6) is 0 Å². The van der Waals surface area contributed by atoms with Crippen molar-refractivity contribution in [3.63, 3.8) is 0 Å². The van der Waals surface area contributed by atoms with Crippen molar-refractivity contribution < 1.29 is 17.9 Å². The van der Waals surface area contributed by atoms with Gasteiger partial charge in [0.25, 0.3) is 0 Å². The van der Waals surface area contributed by atoms with Crippen molar-refractivity contribution in [2.24, 2.45) is 5.92 Å². The zero-order chi connectivity index (χ0) is 15.5. The Morgan fingerprint density at radius 2 is 2.00 bits per heavy atom. The average molecular weight is 304 g/mol. The molecule has 5 nitrogen and oxygen atoms in total. The van der Waals surface area contributed by atoms with E-state index in [1.54, 1.807) is 6.07 Å². The molecule has 0 radical (unpaired) electrons. The van der Waals surface area contributed by atoms with Gasteiger partial charge in [-0.3, -0.25) is 0 Å². The highest BCUT2D eigenvalue weighted by atomic mass is 19.4. The minimum absolute atomic E-state index is 0.0776. The molecule has 8 heteroatoms. The van der Waals surface area contributed by atoms with Crippen molar-refractivity contribution in [2.45, 2.75) is 32.5 Å². The molecule has 1 aromatic rings. The number of anilines is 2. The fourth-order valence-electron chi connectivity index (χ4n) is 2.36. The molecule has 1 aliphatic rings. The van der Waals surface area contributed by atoms with E-state index in [9.17, 15) is 13.2 Å². The highest BCUT2D eigenvalue weighted by molar-refractivity contribution is 5.47. The van der Waals surface area contributed by atoms with Crippen LogP contribution >= 0.6 is 0 Å². The van der Waals surface area contributed by atoms with Gasteiger partial charge < -0.3 is 15.4 Å². The lowest BCUT2D eigenvalue weighted by Crippen LogP contribution is -2.39. The summed E-state index contributed by atoms with van der Waals surface area (Å²) in [6.45, 7) is 3.26. The second-order valence-corrected chi connectivity index (χ2v) is 5.01. The zero-order valence-corrected chi connectivity index (χ0v) is 11.9. The number of hydrogen-bond donors (Lipinski definition) is 1. The number of nitrogens with zero attached hydrogens (tertiary/aromatic N) is 3. The summed E-state index contributed by atoms with van der Waals surface area (Å²) in [5, 5.41) is 0. The second kappa shape index (κ2) is 6.46. The maximum Gasteiger partial charge on any atom is 0.391 e. The van der Waals surface area contributed by atoms with Crippen molar-refractivity contribution in [3.05, 3.63) is 11.9 Å². The van der Waals surface area contributed by atoms with E-state index in [-0.39, 0.29) is 19.4 Å². The van der Waals surface area contributed by atoms with Gasteiger partial charge in [0, 0.05) is 25.8 Å². The lowest BCUT2D eigenvalue weighted by molar-refractivity contribution is -0.179. The number of hydrogen-bond acceptors (Lipinski definition) is 5. The number of nitrogen functional groups attached to an aromatic ring is 1. The van der Waals surface area contributed by atoms with Crippen LogP contribution in [-0.2, 0) is 11.3 Å². The number of halogens is 3. The van der Waals surface area contributed by atoms with Gasteiger partial charge >= 0.3 is 6.18 Å². The summed E-state index contributed by atoms with van der Waals surface area (Å²) in [5.41, 5.74) is 5.72. The second-order valence-electron chi connectivity index (χ2n) is 5.01. The number of rotatable bonds is 4. The molecule has 0 amide bonds. The van der Waals surface area contributed by atoms with Crippen molar-refractivity contribution in [1.82, 2.24) is 9.97 Å². The van der Waals surface area contributed by atoms with Gasteiger partial charge in [-0.1, -0.05) is 0 Å². The fourth-order valence-corrected chi connectivity index (χ4v) is 2.36. The third-order valence-corrected chi connectivity index (χ3v) is 3.50. The number of alkyl halides is 3. The maximum absolute atomic E-state index is 12.7. The molecule has 2 heterocycles. The molecule has 1 aliphatic heterocycles. The van der Waals surface area contributed by atoms with E-state index in [0.717, 1.165) is 0 Å². The molecule has 1 saturated heterocycles. The summed E-state index contributed by atoms with van der Waals surface area (Å²) in [4.78, 5) is 10.2. The Bertz CT molecular complexity index is 473. The molecule has 1 fully saturated rings. The lowest BCUT2D eigenvalue weighted by atomic mass is 9.96. The van der Waals surface area contributed by atoms with Crippen molar-refractivity contribution in [1.29, 1.82) is 0 Å². The van der Waals surface area contributed by atoms with Crippen LogP contribution in [0.1, 0.15) is 25.6 Å². The molecule has 0 aromatic carbocycles. The largest absolute Gasteiger partial charge is 0.391 e. The number of aromatic nitrogens is 2. The Balaban J connectivity index is 2.04. The van der Waals surface area contributed by atoms with Gasteiger partial charge in [-0.2, -0.15) is 13.2 Å². The molecule has 21 heavy (non-hydrogen) atoms. The molecule has 0 unspecified atom stereocenters. The Kier molecular flexibility index (Phi) is 4.87. The summed E-state index contributed by atoms with van der Waals surface area (Å²) in [6, 6.07) is 1.59. The summed E-state index contributed by atoms with van der Waals surface area (Å²) in [5.74, 6) is 0.0890. The minimum Gasteiger partial charge on any atom is -0.384 e. The van der Waals surface area contributed by atoms with Gasteiger partial charge in [0.2, 0.25) is 0 Å². The fraction of sp³-hybridized carbons (Fsp3) is 0.692. The first-order chi connectivity index (χ1) is 9.90. The van der Waals surface area contributed by atoms with Crippen LogP contribution in [0.15, 0.2) is 6.07 Å². The monoisotopic (exact) mass is 304 g/mol. The Hall–Kier alpha value is -1.57. The summed E-state index contributed by atoms with van der Waals surface area (Å²) < 4.78 is 43.2. The van der Waals surface area contributed by atoms with Crippen LogP contribution in [-0.4, -0.2) is 35.8 Å². The lowest BCUT2D eigenvalue weighted by Gasteiger charge is -2.33. The normalized spacial score (nSPS) is 17.2. The van der Waals surface area contributed by atoms with E-state index >= 15 is 0 Å². The molecule has 0 atom stereocenters. The van der Waals surface area contributed by atoms with Crippen LogP contribution in [0.3, 0.4) is 0 Å². The van der Waals surface area contributed by atoms with E-state index in [1.807, 2.05) is 11.8 Å². The summed E-state index contributed by atoms with van der Waals surface area (Å²) >= 11 is 0. The standard InChI is InChI=1S/C13H19F3N4O/c1-2-21-8-11-18-10(17)7-12(19-11)20-5-3-9(4-6-20)13(14,15)16/h7,9H,2-6,8H2,1H3,(H2,17,18,19). The van der Waals surface area contributed by atoms with Gasteiger partial charge in [0.05, 0.1) is 5.92 Å². The van der Waals surface area contributed by atoms with Crippen LogP contribution < -0.4 is 10.6 Å². The minimum atomic E-state index is -4.11. The van der Waals surface area contributed by atoms with Gasteiger partial charge in [0.15, 0.2) is 5.82 Å². The van der Waals surface area contributed by atoms with E-state index in [2.05, 4.69) is 9.97 Å². The van der Waals surface area contributed by atoms with E-state index in [4.69, 9.17) is 10.5 Å². The van der Waals surface area contributed by atoms with Gasteiger partial charge in [0.1, 0.15) is 18.2 Å². The molecular formula is C13H19F3N4O. The Morgan fingerprint density at radius 1 is 1.33 bits per heavy atom. The molecule has 0 saturated carbocycles. The highest BCUT2D eigenvalue weighted by Crippen LogP contribution is 2.35. The quantitative estimate of drug-likeness (QED) is 0.925. The number of piperidine rings is 1. The van der Waals surface area contributed by atoms with Crippen molar-refractivity contribution in [3.8, 4) is 0 Å².